The number of hydrogen-bond donors (Lipinski definition) is 4. The lowest BCUT2D eigenvalue weighted by Crippen LogP contribution is -2.23. The summed E-state index contributed by atoms with van der Waals surface area (Å²) in [6.45, 7) is -0.375. The number of aromatic hydroxyl groups is 1. The number of aliphatic hydroxyl groups is 2. The molecule has 1 aromatic heterocycles. The van der Waals surface area contributed by atoms with Crippen molar-refractivity contribution >= 4 is 16.6 Å². The Labute approximate surface area is 157 Å². The Morgan fingerprint density at radius 1 is 1.07 bits per heavy atom. The van der Waals surface area contributed by atoms with Gasteiger partial charge in [-0.3, -0.25) is 0 Å². The Balaban J connectivity index is 2.00. The summed E-state index contributed by atoms with van der Waals surface area (Å²) in [6, 6.07) is 10.1. The van der Waals surface area contributed by atoms with Gasteiger partial charge in [-0.05, 0) is 12.1 Å². The predicted molar refractivity (Wildman–Crippen MR) is 94.9 cm³/mol. The van der Waals surface area contributed by atoms with Crippen LogP contribution in [0.3, 0.4) is 0 Å². The zero-order valence-electron chi connectivity index (χ0n) is 14.3. The van der Waals surface area contributed by atoms with Gasteiger partial charge in [-0.15, -0.1) is 23.4 Å². The van der Waals surface area contributed by atoms with E-state index in [1.807, 2.05) is 0 Å². The van der Waals surface area contributed by atoms with Gasteiger partial charge in [-0.2, -0.15) is 0 Å². The van der Waals surface area contributed by atoms with E-state index in [9.17, 15) is 23.4 Å². The van der Waals surface area contributed by atoms with E-state index in [0.717, 1.165) is 12.1 Å². The summed E-state index contributed by atoms with van der Waals surface area (Å²) in [5.74, 6) is -0.650. The van der Waals surface area contributed by atoms with E-state index in [4.69, 9.17) is 5.11 Å². The molecule has 0 aliphatic rings. The second-order valence-electron chi connectivity index (χ2n) is 5.89. The Kier molecular flexibility index (Phi) is 5.52. The molecule has 28 heavy (non-hydrogen) atoms. The van der Waals surface area contributed by atoms with Crippen molar-refractivity contribution in [3.8, 4) is 22.8 Å². The van der Waals surface area contributed by atoms with Gasteiger partial charge in [-0.25, -0.2) is 0 Å². The third-order valence-electron chi connectivity index (χ3n) is 3.86. The molecule has 0 amide bonds. The highest BCUT2D eigenvalue weighted by Gasteiger charge is 2.31. The zero-order valence-corrected chi connectivity index (χ0v) is 14.3. The molecule has 0 saturated carbocycles. The molecule has 4 N–H and O–H groups in total. The van der Waals surface area contributed by atoms with Crippen LogP contribution in [0, 0.1) is 0 Å². The lowest BCUT2D eigenvalue weighted by molar-refractivity contribution is -0.274. The van der Waals surface area contributed by atoms with Crippen LogP contribution in [0.15, 0.2) is 42.5 Å². The van der Waals surface area contributed by atoms with Crippen molar-refractivity contribution in [2.75, 3.05) is 18.5 Å². The van der Waals surface area contributed by atoms with Crippen molar-refractivity contribution in [3.05, 3.63) is 42.5 Å². The Bertz CT molecular complexity index is 982. The minimum atomic E-state index is -4.87. The van der Waals surface area contributed by atoms with Crippen LogP contribution >= 0.6 is 0 Å². The molecule has 1 unspecified atom stereocenters. The highest BCUT2D eigenvalue weighted by atomic mass is 19.4. The van der Waals surface area contributed by atoms with Crippen molar-refractivity contribution < 1.29 is 33.2 Å². The third-order valence-corrected chi connectivity index (χ3v) is 3.86. The van der Waals surface area contributed by atoms with Crippen LogP contribution in [0.1, 0.15) is 0 Å². The Morgan fingerprint density at radius 2 is 1.79 bits per heavy atom. The first-order valence-electron chi connectivity index (χ1n) is 8.16. The summed E-state index contributed by atoms with van der Waals surface area (Å²) in [7, 11) is 0. The predicted octanol–water partition coefficient (Wildman–Crippen LogP) is 2.67. The number of aromatic nitrogens is 2. The van der Waals surface area contributed by atoms with Gasteiger partial charge in [0.25, 0.3) is 0 Å². The minimum absolute atomic E-state index is 0.0449. The SMILES string of the molecule is OCC(O)CNc1nnc(-c2ccc(OC(F)(F)F)cc2O)c2ccccc12. The molecule has 7 nitrogen and oxygen atoms in total. The van der Waals surface area contributed by atoms with Gasteiger partial charge in [0.1, 0.15) is 17.2 Å². The Morgan fingerprint density at radius 3 is 2.43 bits per heavy atom. The summed E-state index contributed by atoms with van der Waals surface area (Å²) in [4.78, 5) is 0. The molecule has 0 bridgehead atoms. The average Bonchev–Trinajstić information content (AvgIpc) is 2.65. The van der Waals surface area contributed by atoms with Gasteiger partial charge in [0, 0.05) is 28.9 Å². The lowest BCUT2D eigenvalue weighted by atomic mass is 10.0. The highest BCUT2D eigenvalue weighted by molar-refractivity contribution is 6.00. The largest absolute Gasteiger partial charge is 0.573 e. The fraction of sp³-hybridized carbons (Fsp3) is 0.222. The number of nitrogens with zero attached hydrogens (tertiary/aromatic N) is 2. The number of aliphatic hydroxyl groups excluding tert-OH is 2. The van der Waals surface area contributed by atoms with Crippen molar-refractivity contribution in [1.29, 1.82) is 0 Å². The van der Waals surface area contributed by atoms with Gasteiger partial charge in [0.2, 0.25) is 0 Å². The van der Waals surface area contributed by atoms with Gasteiger partial charge >= 0.3 is 6.36 Å². The smallest absolute Gasteiger partial charge is 0.507 e. The number of rotatable bonds is 6. The van der Waals surface area contributed by atoms with Gasteiger partial charge < -0.3 is 25.4 Å². The van der Waals surface area contributed by atoms with E-state index in [2.05, 4.69) is 20.3 Å². The summed E-state index contributed by atoms with van der Waals surface area (Å²) in [6.07, 6.45) is -5.85. The molecular formula is C18H16F3N3O4. The second-order valence-corrected chi connectivity index (χ2v) is 5.89. The summed E-state index contributed by atoms with van der Waals surface area (Å²) in [5, 5.41) is 40.8. The van der Waals surface area contributed by atoms with Crippen molar-refractivity contribution in [2.24, 2.45) is 0 Å². The van der Waals surface area contributed by atoms with E-state index in [-0.39, 0.29) is 17.8 Å². The van der Waals surface area contributed by atoms with Crippen molar-refractivity contribution in [3.63, 3.8) is 0 Å². The molecule has 0 radical (unpaired) electrons. The zero-order chi connectivity index (χ0) is 20.3. The summed E-state index contributed by atoms with van der Waals surface area (Å²) >= 11 is 0. The normalized spacial score (nSPS) is 12.8. The first kappa shape index (κ1) is 19.6. The molecule has 0 aliphatic heterocycles. The maximum atomic E-state index is 12.3. The van der Waals surface area contributed by atoms with Crippen molar-refractivity contribution in [2.45, 2.75) is 12.5 Å². The molecule has 0 spiro atoms. The maximum absolute atomic E-state index is 12.3. The molecule has 0 fully saturated rings. The van der Waals surface area contributed by atoms with Gasteiger partial charge in [0.05, 0.1) is 12.7 Å². The molecule has 148 valence electrons. The van der Waals surface area contributed by atoms with Crippen LogP contribution < -0.4 is 10.1 Å². The van der Waals surface area contributed by atoms with Crippen LogP contribution in [0.5, 0.6) is 11.5 Å². The Hall–Kier alpha value is -3.11. The molecule has 2 aromatic carbocycles. The number of nitrogens with one attached hydrogen (secondary N) is 1. The molecule has 1 atom stereocenters. The molecule has 0 aliphatic carbocycles. The number of fused-ring (bicyclic) bond motifs is 1. The molecule has 10 heteroatoms. The topological polar surface area (TPSA) is 108 Å². The quantitative estimate of drug-likeness (QED) is 0.508. The number of phenolic OH excluding ortho intramolecular Hbond substituents is 1. The molecule has 0 saturated heterocycles. The summed E-state index contributed by atoms with van der Waals surface area (Å²) < 4.78 is 40.8. The number of anilines is 1. The third kappa shape index (κ3) is 4.41. The van der Waals surface area contributed by atoms with E-state index in [1.165, 1.54) is 6.07 Å². The number of benzene rings is 2. The highest BCUT2D eigenvalue weighted by Crippen LogP contribution is 2.37. The fourth-order valence-corrected chi connectivity index (χ4v) is 2.62. The van der Waals surface area contributed by atoms with Gasteiger partial charge in [-0.1, -0.05) is 24.3 Å². The average molecular weight is 395 g/mol. The van der Waals surface area contributed by atoms with Crippen LogP contribution in [-0.4, -0.2) is 51.1 Å². The standard InChI is InChI=1S/C18H16F3N3O4/c19-18(20,21)28-11-5-6-14(15(27)7-11)16-12-3-1-2-4-13(12)17(24-23-16)22-8-10(26)9-25/h1-7,10,25-27H,8-9H2,(H,22,24). The van der Waals surface area contributed by atoms with Crippen molar-refractivity contribution in [1.82, 2.24) is 10.2 Å². The molecular weight excluding hydrogens is 379 g/mol. The molecule has 3 rings (SSSR count). The first-order valence-corrected chi connectivity index (χ1v) is 8.16. The van der Waals surface area contributed by atoms with Gasteiger partial charge in [0.15, 0.2) is 5.82 Å². The number of hydrogen-bond acceptors (Lipinski definition) is 7. The minimum Gasteiger partial charge on any atom is -0.507 e. The maximum Gasteiger partial charge on any atom is 0.573 e. The van der Waals surface area contributed by atoms with Crippen LogP contribution in [0.2, 0.25) is 0 Å². The van der Waals surface area contributed by atoms with E-state index >= 15 is 0 Å². The van der Waals surface area contributed by atoms with E-state index in [0.29, 0.717) is 16.6 Å². The van der Waals surface area contributed by atoms with E-state index in [1.54, 1.807) is 24.3 Å². The first-order chi connectivity index (χ1) is 13.3. The van der Waals surface area contributed by atoms with E-state index < -0.39 is 30.6 Å². The number of ether oxygens (including phenoxy) is 1. The molecule has 1 heterocycles. The lowest BCUT2D eigenvalue weighted by Gasteiger charge is -2.14. The molecule has 3 aromatic rings. The van der Waals surface area contributed by atoms with Crippen LogP contribution in [0.25, 0.3) is 22.0 Å². The second kappa shape index (κ2) is 7.87. The van der Waals surface area contributed by atoms with Crippen LogP contribution in [0.4, 0.5) is 19.0 Å². The van der Waals surface area contributed by atoms with Crippen LogP contribution in [-0.2, 0) is 0 Å². The number of phenols is 1. The number of halogens is 3. The summed E-state index contributed by atoms with van der Waals surface area (Å²) in [5.41, 5.74) is 0.445. The number of alkyl halides is 3. The monoisotopic (exact) mass is 395 g/mol. The fourth-order valence-electron chi connectivity index (χ4n) is 2.62.